The summed E-state index contributed by atoms with van der Waals surface area (Å²) >= 11 is 0. The fourth-order valence-electron chi connectivity index (χ4n) is 3.16. The van der Waals surface area contributed by atoms with Gasteiger partial charge in [0.2, 0.25) is 0 Å². The van der Waals surface area contributed by atoms with E-state index < -0.39 is 5.91 Å². The molecule has 0 atom stereocenters. The van der Waals surface area contributed by atoms with Crippen molar-refractivity contribution in [3.05, 3.63) is 89.0 Å². The van der Waals surface area contributed by atoms with Crippen LogP contribution in [-0.4, -0.2) is 19.6 Å². The molecule has 6 heteroatoms. The summed E-state index contributed by atoms with van der Waals surface area (Å²) in [7, 11) is 1.53. The van der Waals surface area contributed by atoms with Crippen LogP contribution in [-0.2, 0) is 11.4 Å². The third-order valence-electron chi connectivity index (χ3n) is 4.78. The summed E-state index contributed by atoms with van der Waals surface area (Å²) in [4.78, 5) is 12.8. The van der Waals surface area contributed by atoms with Crippen LogP contribution < -0.4 is 19.5 Å². The maximum absolute atomic E-state index is 12.8. The smallest absolute Gasteiger partial charge is 0.266 e. The van der Waals surface area contributed by atoms with Gasteiger partial charge in [-0.3, -0.25) is 4.79 Å². The molecular weight excluding hydrogens is 416 g/mol. The van der Waals surface area contributed by atoms with Gasteiger partial charge in [-0.25, -0.2) is 0 Å². The highest BCUT2D eigenvalue weighted by molar-refractivity contribution is 6.10. The molecule has 0 aliphatic heterocycles. The monoisotopic (exact) mass is 442 g/mol. The normalized spacial score (nSPS) is 10.8. The molecule has 0 spiro atoms. The van der Waals surface area contributed by atoms with Crippen LogP contribution in [0.4, 0.5) is 5.69 Å². The number of hydrogen-bond donors (Lipinski definition) is 1. The van der Waals surface area contributed by atoms with Crippen LogP contribution in [0, 0.1) is 18.3 Å². The zero-order valence-electron chi connectivity index (χ0n) is 18.9. The van der Waals surface area contributed by atoms with Crippen LogP contribution >= 0.6 is 0 Å². The molecule has 0 heterocycles. The third kappa shape index (κ3) is 6.37. The quantitative estimate of drug-likeness (QED) is 0.348. The molecule has 0 aliphatic rings. The van der Waals surface area contributed by atoms with E-state index in [1.807, 2.05) is 56.3 Å². The van der Waals surface area contributed by atoms with Gasteiger partial charge in [0.05, 0.1) is 19.4 Å². The van der Waals surface area contributed by atoms with Crippen LogP contribution in [0.25, 0.3) is 6.08 Å². The maximum atomic E-state index is 12.8. The molecule has 0 radical (unpaired) electrons. The minimum Gasteiger partial charge on any atom is -0.495 e. The topological polar surface area (TPSA) is 80.6 Å². The lowest BCUT2D eigenvalue weighted by atomic mass is 10.1. The number of carbonyl (C=O) groups is 1. The lowest BCUT2D eigenvalue weighted by molar-refractivity contribution is -0.112. The fourth-order valence-corrected chi connectivity index (χ4v) is 3.16. The van der Waals surface area contributed by atoms with E-state index in [9.17, 15) is 10.1 Å². The van der Waals surface area contributed by atoms with Crippen LogP contribution in [0.5, 0.6) is 17.2 Å². The highest BCUT2D eigenvalue weighted by Crippen LogP contribution is 2.30. The number of aryl methyl sites for hydroxylation is 1. The number of nitriles is 1. The minimum atomic E-state index is -0.524. The summed E-state index contributed by atoms with van der Waals surface area (Å²) in [5, 5.41) is 12.3. The van der Waals surface area contributed by atoms with Gasteiger partial charge in [-0.15, -0.1) is 0 Å². The highest BCUT2D eigenvalue weighted by atomic mass is 16.5. The molecular formula is C27H26N2O4. The lowest BCUT2D eigenvalue weighted by Crippen LogP contribution is -2.14. The van der Waals surface area contributed by atoms with E-state index in [1.54, 1.807) is 30.3 Å². The molecule has 33 heavy (non-hydrogen) atoms. The van der Waals surface area contributed by atoms with Crippen LogP contribution in [0.15, 0.2) is 72.3 Å². The van der Waals surface area contributed by atoms with Crippen molar-refractivity contribution in [2.24, 2.45) is 0 Å². The first-order chi connectivity index (χ1) is 16.0. The van der Waals surface area contributed by atoms with E-state index in [1.165, 1.54) is 13.2 Å². The average Bonchev–Trinajstić information content (AvgIpc) is 2.83. The summed E-state index contributed by atoms with van der Waals surface area (Å²) in [5.41, 5.74) is 3.11. The number of benzene rings is 3. The minimum absolute atomic E-state index is 0.0426. The van der Waals surface area contributed by atoms with E-state index in [2.05, 4.69) is 5.32 Å². The molecule has 0 bridgehead atoms. The molecule has 0 unspecified atom stereocenters. The number of hydrogen-bond acceptors (Lipinski definition) is 5. The van der Waals surface area contributed by atoms with Gasteiger partial charge in [0.25, 0.3) is 5.91 Å². The first-order valence-corrected chi connectivity index (χ1v) is 10.6. The van der Waals surface area contributed by atoms with Crippen molar-refractivity contribution in [2.45, 2.75) is 20.5 Å². The first-order valence-electron chi connectivity index (χ1n) is 10.6. The van der Waals surface area contributed by atoms with E-state index >= 15 is 0 Å². The Morgan fingerprint density at radius 2 is 1.76 bits per heavy atom. The van der Waals surface area contributed by atoms with Gasteiger partial charge < -0.3 is 19.5 Å². The molecule has 0 aliphatic carbocycles. The Morgan fingerprint density at radius 3 is 2.45 bits per heavy atom. The zero-order valence-corrected chi connectivity index (χ0v) is 18.9. The lowest BCUT2D eigenvalue weighted by Gasteiger charge is -2.13. The first kappa shape index (κ1) is 23.4. The number of anilines is 1. The van der Waals surface area contributed by atoms with Crippen LogP contribution in [0.1, 0.15) is 23.6 Å². The van der Waals surface area contributed by atoms with Crippen LogP contribution in [0.2, 0.25) is 0 Å². The predicted octanol–water partition coefficient (Wildman–Crippen LogP) is 5.53. The van der Waals surface area contributed by atoms with Crippen molar-refractivity contribution < 1.29 is 19.0 Å². The molecule has 0 saturated heterocycles. The van der Waals surface area contributed by atoms with Gasteiger partial charge in [0.1, 0.15) is 24.0 Å². The number of methoxy groups -OCH3 is 1. The Kier molecular flexibility index (Phi) is 8.09. The summed E-state index contributed by atoms with van der Waals surface area (Å²) in [5.74, 6) is 1.12. The fraction of sp³-hybridized carbons (Fsp3) is 0.185. The van der Waals surface area contributed by atoms with Gasteiger partial charge in [0, 0.05) is 0 Å². The molecule has 168 valence electrons. The van der Waals surface area contributed by atoms with E-state index in [0.717, 1.165) is 11.1 Å². The SMILES string of the molecule is CCOc1cc(/C=C(\C#N)C(=O)Nc2cc(C)ccc2OC)ccc1OCc1ccccc1. The van der Waals surface area contributed by atoms with Gasteiger partial charge >= 0.3 is 0 Å². The number of nitrogens with one attached hydrogen (secondary N) is 1. The predicted molar refractivity (Wildman–Crippen MR) is 128 cm³/mol. The molecule has 3 aromatic rings. The van der Waals surface area contributed by atoms with Crippen molar-refractivity contribution in [1.82, 2.24) is 0 Å². The average molecular weight is 443 g/mol. The molecule has 3 aromatic carbocycles. The Bertz CT molecular complexity index is 1180. The summed E-state index contributed by atoms with van der Waals surface area (Å²) in [6, 6.07) is 22.5. The van der Waals surface area contributed by atoms with E-state index in [0.29, 0.717) is 41.7 Å². The van der Waals surface area contributed by atoms with Crippen molar-refractivity contribution in [3.63, 3.8) is 0 Å². The second kappa shape index (κ2) is 11.4. The summed E-state index contributed by atoms with van der Waals surface area (Å²) in [6.07, 6.45) is 1.51. The van der Waals surface area contributed by atoms with Gasteiger partial charge in [-0.05, 0) is 60.9 Å². The van der Waals surface area contributed by atoms with Gasteiger partial charge in [-0.2, -0.15) is 5.26 Å². The molecule has 0 aromatic heterocycles. The van der Waals surface area contributed by atoms with Crippen molar-refractivity contribution in [1.29, 1.82) is 5.26 Å². The highest BCUT2D eigenvalue weighted by Gasteiger charge is 2.14. The Balaban J connectivity index is 1.81. The molecule has 0 saturated carbocycles. The Hall–Kier alpha value is -4.24. The van der Waals surface area contributed by atoms with Gasteiger partial charge in [-0.1, -0.05) is 42.5 Å². The molecule has 6 nitrogen and oxygen atoms in total. The summed E-state index contributed by atoms with van der Waals surface area (Å²) in [6.45, 7) is 4.65. The maximum Gasteiger partial charge on any atom is 0.266 e. The molecule has 3 rings (SSSR count). The number of amides is 1. The number of ether oxygens (including phenoxy) is 3. The third-order valence-corrected chi connectivity index (χ3v) is 4.78. The second-order valence-electron chi connectivity index (χ2n) is 7.24. The largest absolute Gasteiger partial charge is 0.495 e. The number of rotatable bonds is 9. The number of nitrogens with zero attached hydrogens (tertiary/aromatic N) is 1. The summed E-state index contributed by atoms with van der Waals surface area (Å²) < 4.78 is 16.9. The van der Waals surface area contributed by atoms with Crippen molar-refractivity contribution >= 4 is 17.7 Å². The molecule has 1 N–H and O–H groups in total. The Labute approximate surface area is 194 Å². The van der Waals surface area contributed by atoms with Crippen molar-refractivity contribution in [2.75, 3.05) is 19.0 Å². The van der Waals surface area contributed by atoms with Crippen LogP contribution in [0.3, 0.4) is 0 Å². The second-order valence-corrected chi connectivity index (χ2v) is 7.24. The standard InChI is InChI=1S/C27H26N2O4/c1-4-32-26-16-21(11-13-25(26)33-18-20-8-6-5-7-9-20)15-22(17-28)27(30)29-23-14-19(2)10-12-24(23)31-3/h5-16H,4,18H2,1-3H3,(H,29,30)/b22-15+. The molecule has 1 amide bonds. The van der Waals surface area contributed by atoms with E-state index in [-0.39, 0.29) is 5.57 Å². The molecule has 0 fully saturated rings. The Morgan fingerprint density at radius 1 is 1.00 bits per heavy atom. The number of carbonyl (C=O) groups excluding carboxylic acids is 1. The zero-order chi connectivity index (χ0) is 23.6. The van der Waals surface area contributed by atoms with Crippen molar-refractivity contribution in [3.8, 4) is 23.3 Å². The van der Waals surface area contributed by atoms with E-state index in [4.69, 9.17) is 14.2 Å². The van der Waals surface area contributed by atoms with Gasteiger partial charge in [0.15, 0.2) is 11.5 Å².